The number of hydrogen-bond donors (Lipinski definition) is 1. The minimum Gasteiger partial charge on any atom is -0.393 e. The van der Waals surface area contributed by atoms with Crippen molar-refractivity contribution in [2.75, 3.05) is 0 Å². The summed E-state index contributed by atoms with van der Waals surface area (Å²) in [4.78, 5) is 10.0. The standard InChI is InChI=1S/C7H15NO3/c1-6(9)4-5-7(2,3)8(10)11/h6,9H,4-5H2,1-3H3/t6-/m1/s1. The van der Waals surface area contributed by atoms with Crippen LogP contribution < -0.4 is 0 Å². The Hall–Kier alpha value is -0.640. The molecule has 0 aliphatic rings. The molecule has 0 aromatic carbocycles. The van der Waals surface area contributed by atoms with Gasteiger partial charge in [0.15, 0.2) is 0 Å². The monoisotopic (exact) mass is 161 g/mol. The lowest BCUT2D eigenvalue weighted by molar-refractivity contribution is -0.561. The van der Waals surface area contributed by atoms with Gasteiger partial charge in [-0.05, 0) is 13.3 Å². The quantitative estimate of drug-likeness (QED) is 0.497. The fourth-order valence-corrected chi connectivity index (χ4v) is 0.653. The predicted octanol–water partition coefficient (Wildman–Crippen LogP) is 1.20. The highest BCUT2D eigenvalue weighted by Gasteiger charge is 2.30. The first-order chi connectivity index (χ1) is 4.86. The van der Waals surface area contributed by atoms with Gasteiger partial charge in [0, 0.05) is 25.2 Å². The SMILES string of the molecule is C[C@@H](O)CCC(C)(C)[N+](=O)[O-]. The molecule has 0 aromatic rings. The molecule has 1 atom stereocenters. The van der Waals surface area contributed by atoms with Crippen LogP contribution in [0.25, 0.3) is 0 Å². The minimum absolute atomic E-state index is 0.310. The Balaban J connectivity index is 3.83. The predicted molar refractivity (Wildman–Crippen MR) is 42.0 cm³/mol. The zero-order chi connectivity index (χ0) is 9.07. The molecule has 0 bridgehead atoms. The molecular weight excluding hydrogens is 146 g/mol. The molecule has 0 spiro atoms. The normalized spacial score (nSPS) is 14.5. The third kappa shape index (κ3) is 3.93. The van der Waals surface area contributed by atoms with Crippen molar-refractivity contribution in [3.8, 4) is 0 Å². The van der Waals surface area contributed by atoms with Crippen molar-refractivity contribution >= 4 is 0 Å². The molecule has 0 amide bonds. The van der Waals surface area contributed by atoms with Gasteiger partial charge in [-0.15, -0.1) is 0 Å². The van der Waals surface area contributed by atoms with E-state index in [2.05, 4.69) is 0 Å². The maximum absolute atomic E-state index is 10.4. The van der Waals surface area contributed by atoms with E-state index in [0.717, 1.165) is 0 Å². The van der Waals surface area contributed by atoms with Gasteiger partial charge in [-0.3, -0.25) is 10.1 Å². The highest BCUT2D eigenvalue weighted by molar-refractivity contribution is 4.67. The van der Waals surface area contributed by atoms with Gasteiger partial charge in [0.05, 0.1) is 6.10 Å². The van der Waals surface area contributed by atoms with Crippen LogP contribution in [0.3, 0.4) is 0 Å². The third-order valence-corrected chi connectivity index (χ3v) is 1.67. The van der Waals surface area contributed by atoms with Crippen molar-refractivity contribution < 1.29 is 10.0 Å². The van der Waals surface area contributed by atoms with Crippen molar-refractivity contribution in [2.45, 2.75) is 45.3 Å². The number of nitro groups is 1. The van der Waals surface area contributed by atoms with E-state index in [0.29, 0.717) is 12.8 Å². The second-order valence-corrected chi connectivity index (χ2v) is 3.46. The van der Waals surface area contributed by atoms with Gasteiger partial charge < -0.3 is 5.11 Å². The molecule has 66 valence electrons. The van der Waals surface area contributed by atoms with Crippen LogP contribution in [0.1, 0.15) is 33.6 Å². The molecule has 0 fully saturated rings. The van der Waals surface area contributed by atoms with E-state index in [1.54, 1.807) is 20.8 Å². The highest BCUT2D eigenvalue weighted by atomic mass is 16.6. The number of nitrogens with zero attached hydrogens (tertiary/aromatic N) is 1. The molecule has 0 heterocycles. The van der Waals surface area contributed by atoms with E-state index in [-0.39, 0.29) is 4.92 Å². The van der Waals surface area contributed by atoms with Gasteiger partial charge in [-0.1, -0.05) is 0 Å². The molecular formula is C7H15NO3. The molecule has 4 nitrogen and oxygen atoms in total. The number of aliphatic hydroxyl groups is 1. The van der Waals surface area contributed by atoms with Gasteiger partial charge in [-0.25, -0.2) is 0 Å². The first kappa shape index (κ1) is 10.4. The van der Waals surface area contributed by atoms with Gasteiger partial charge in [0.1, 0.15) is 0 Å². The molecule has 0 radical (unpaired) electrons. The van der Waals surface area contributed by atoms with Crippen LogP contribution in [0.4, 0.5) is 0 Å². The summed E-state index contributed by atoms with van der Waals surface area (Å²) in [6.45, 7) is 4.76. The fraction of sp³-hybridized carbons (Fsp3) is 1.00. The van der Waals surface area contributed by atoms with E-state index >= 15 is 0 Å². The minimum atomic E-state index is -0.906. The maximum atomic E-state index is 10.4. The Morgan fingerprint density at radius 3 is 2.36 bits per heavy atom. The Morgan fingerprint density at radius 2 is 2.09 bits per heavy atom. The van der Waals surface area contributed by atoms with Crippen LogP contribution in [-0.2, 0) is 0 Å². The van der Waals surface area contributed by atoms with Crippen LogP contribution in [0.5, 0.6) is 0 Å². The molecule has 0 aliphatic heterocycles. The van der Waals surface area contributed by atoms with Crippen LogP contribution in [-0.4, -0.2) is 21.7 Å². The summed E-state index contributed by atoms with van der Waals surface area (Å²) in [5, 5.41) is 19.2. The lowest BCUT2D eigenvalue weighted by atomic mass is 9.98. The van der Waals surface area contributed by atoms with E-state index in [4.69, 9.17) is 5.11 Å². The van der Waals surface area contributed by atoms with Crippen molar-refractivity contribution in [3.63, 3.8) is 0 Å². The molecule has 0 saturated carbocycles. The first-order valence-electron chi connectivity index (χ1n) is 3.69. The summed E-state index contributed by atoms with van der Waals surface area (Å²) in [6, 6.07) is 0. The van der Waals surface area contributed by atoms with Crippen LogP contribution in [0.2, 0.25) is 0 Å². The summed E-state index contributed by atoms with van der Waals surface area (Å²) in [5.74, 6) is 0. The average Bonchev–Trinajstić information content (AvgIpc) is 1.84. The largest absolute Gasteiger partial charge is 0.393 e. The molecule has 0 rings (SSSR count). The Bertz CT molecular complexity index is 143. The smallest absolute Gasteiger partial charge is 0.216 e. The molecule has 4 heteroatoms. The molecule has 0 saturated heterocycles. The zero-order valence-corrected chi connectivity index (χ0v) is 7.20. The zero-order valence-electron chi connectivity index (χ0n) is 7.20. The molecule has 0 aliphatic carbocycles. The average molecular weight is 161 g/mol. The maximum Gasteiger partial charge on any atom is 0.216 e. The first-order valence-corrected chi connectivity index (χ1v) is 3.69. The van der Waals surface area contributed by atoms with Crippen molar-refractivity contribution in [3.05, 3.63) is 10.1 Å². The number of aliphatic hydroxyl groups excluding tert-OH is 1. The fourth-order valence-electron chi connectivity index (χ4n) is 0.653. The third-order valence-electron chi connectivity index (χ3n) is 1.67. The Morgan fingerprint density at radius 1 is 1.64 bits per heavy atom. The van der Waals surface area contributed by atoms with E-state index < -0.39 is 11.6 Å². The lowest BCUT2D eigenvalue weighted by Crippen LogP contribution is -2.31. The molecule has 11 heavy (non-hydrogen) atoms. The molecule has 1 N–H and O–H groups in total. The van der Waals surface area contributed by atoms with E-state index in [1.807, 2.05) is 0 Å². The highest BCUT2D eigenvalue weighted by Crippen LogP contribution is 2.16. The van der Waals surface area contributed by atoms with Crippen LogP contribution in [0.15, 0.2) is 0 Å². The van der Waals surface area contributed by atoms with E-state index in [9.17, 15) is 10.1 Å². The Kier molecular flexibility index (Phi) is 3.45. The van der Waals surface area contributed by atoms with Crippen LogP contribution >= 0.6 is 0 Å². The second-order valence-electron chi connectivity index (χ2n) is 3.46. The summed E-state index contributed by atoms with van der Waals surface area (Å²) in [7, 11) is 0. The van der Waals surface area contributed by atoms with Crippen molar-refractivity contribution in [1.82, 2.24) is 0 Å². The topological polar surface area (TPSA) is 63.4 Å². The summed E-state index contributed by atoms with van der Waals surface area (Å²) >= 11 is 0. The number of rotatable bonds is 4. The van der Waals surface area contributed by atoms with Crippen molar-refractivity contribution in [1.29, 1.82) is 0 Å². The van der Waals surface area contributed by atoms with Crippen LogP contribution in [0, 0.1) is 10.1 Å². The summed E-state index contributed by atoms with van der Waals surface area (Å²) in [6.07, 6.45) is 0.445. The van der Waals surface area contributed by atoms with Gasteiger partial charge in [0.2, 0.25) is 5.54 Å². The summed E-state index contributed by atoms with van der Waals surface area (Å²) < 4.78 is 0. The van der Waals surface area contributed by atoms with Gasteiger partial charge in [-0.2, -0.15) is 0 Å². The van der Waals surface area contributed by atoms with Gasteiger partial charge >= 0.3 is 0 Å². The lowest BCUT2D eigenvalue weighted by Gasteiger charge is -2.15. The van der Waals surface area contributed by atoms with Gasteiger partial charge in [0.25, 0.3) is 0 Å². The van der Waals surface area contributed by atoms with E-state index in [1.165, 1.54) is 0 Å². The Labute approximate surface area is 66.4 Å². The van der Waals surface area contributed by atoms with Crippen molar-refractivity contribution in [2.24, 2.45) is 0 Å². The molecule has 0 unspecified atom stereocenters. The molecule has 0 aromatic heterocycles. The summed E-state index contributed by atoms with van der Waals surface area (Å²) in [5.41, 5.74) is -0.906. The number of hydrogen-bond acceptors (Lipinski definition) is 3. The second kappa shape index (κ2) is 3.67.